The molecule has 1 rings (SSSR count). The molecule has 1 aliphatic carbocycles. The molecule has 3 N–H and O–H groups in total. The molecule has 3 heteroatoms. The summed E-state index contributed by atoms with van der Waals surface area (Å²) in [6.45, 7) is 1.56. The Bertz CT molecular complexity index is 111. The molecular weight excluding hydrogens is 142 g/mol. The molecule has 11 heavy (non-hydrogen) atoms. The van der Waals surface area contributed by atoms with Gasteiger partial charge in [0.2, 0.25) is 0 Å². The average Bonchev–Trinajstić information content (AvgIpc) is 2.38. The molecule has 0 bridgehead atoms. The van der Waals surface area contributed by atoms with E-state index in [1.165, 1.54) is 0 Å². The molecule has 0 radical (unpaired) electrons. The Kier molecular flexibility index (Phi) is 3.30. The molecule has 0 aromatic rings. The molecule has 1 fully saturated rings. The summed E-state index contributed by atoms with van der Waals surface area (Å²) in [5.74, 6) is 0. The van der Waals surface area contributed by atoms with Crippen molar-refractivity contribution in [2.24, 2.45) is 5.73 Å². The first kappa shape index (κ1) is 8.97. The Hall–Kier alpha value is -0.120. The highest BCUT2D eigenvalue weighted by atomic mass is 16.5. The van der Waals surface area contributed by atoms with Gasteiger partial charge in [0.15, 0.2) is 0 Å². The molecule has 0 aliphatic heterocycles. The molecule has 0 aromatic heterocycles. The van der Waals surface area contributed by atoms with Crippen LogP contribution in [-0.2, 0) is 4.74 Å². The number of rotatable bonds is 4. The molecule has 0 heterocycles. The van der Waals surface area contributed by atoms with Gasteiger partial charge >= 0.3 is 0 Å². The third kappa shape index (κ3) is 2.77. The predicted octanol–water partition coefficient (Wildman–Crippen LogP) is 0.267. The van der Waals surface area contributed by atoms with Crippen molar-refractivity contribution < 1.29 is 9.84 Å². The SMILES string of the molecule is NCCOCC1(O)CCCC1. The molecular formula is C8H17NO2. The van der Waals surface area contributed by atoms with Gasteiger partial charge in [-0.2, -0.15) is 0 Å². The van der Waals surface area contributed by atoms with Gasteiger partial charge in [0, 0.05) is 6.54 Å². The van der Waals surface area contributed by atoms with E-state index in [-0.39, 0.29) is 0 Å². The van der Waals surface area contributed by atoms with Crippen LogP contribution in [0.25, 0.3) is 0 Å². The van der Waals surface area contributed by atoms with E-state index < -0.39 is 5.60 Å². The number of hydrogen-bond acceptors (Lipinski definition) is 3. The average molecular weight is 159 g/mol. The van der Waals surface area contributed by atoms with E-state index in [1.807, 2.05) is 0 Å². The predicted molar refractivity (Wildman–Crippen MR) is 43.3 cm³/mol. The second-order valence-electron chi connectivity index (χ2n) is 3.27. The van der Waals surface area contributed by atoms with Crippen LogP contribution in [0.1, 0.15) is 25.7 Å². The van der Waals surface area contributed by atoms with E-state index in [0.29, 0.717) is 19.8 Å². The number of ether oxygens (including phenoxy) is 1. The Balaban J connectivity index is 2.13. The maximum atomic E-state index is 9.75. The lowest BCUT2D eigenvalue weighted by atomic mass is 10.0. The highest BCUT2D eigenvalue weighted by Gasteiger charge is 2.30. The van der Waals surface area contributed by atoms with E-state index in [1.54, 1.807) is 0 Å². The lowest BCUT2D eigenvalue weighted by Crippen LogP contribution is -2.31. The molecule has 0 spiro atoms. The monoisotopic (exact) mass is 159 g/mol. The Morgan fingerprint density at radius 1 is 1.36 bits per heavy atom. The maximum Gasteiger partial charge on any atom is 0.0880 e. The normalized spacial score (nSPS) is 22.4. The van der Waals surface area contributed by atoms with Gasteiger partial charge in [-0.05, 0) is 12.8 Å². The number of nitrogens with two attached hydrogens (primary N) is 1. The van der Waals surface area contributed by atoms with Crippen LogP contribution in [0.2, 0.25) is 0 Å². The minimum Gasteiger partial charge on any atom is -0.387 e. The Labute approximate surface area is 67.5 Å². The second-order valence-corrected chi connectivity index (χ2v) is 3.27. The van der Waals surface area contributed by atoms with E-state index >= 15 is 0 Å². The van der Waals surface area contributed by atoms with Crippen molar-refractivity contribution in [2.45, 2.75) is 31.3 Å². The summed E-state index contributed by atoms with van der Waals surface area (Å²) in [6.07, 6.45) is 4.03. The van der Waals surface area contributed by atoms with E-state index in [4.69, 9.17) is 10.5 Å². The van der Waals surface area contributed by atoms with Crippen molar-refractivity contribution in [1.82, 2.24) is 0 Å². The van der Waals surface area contributed by atoms with Gasteiger partial charge in [0.05, 0.1) is 18.8 Å². The molecule has 0 unspecified atom stereocenters. The Morgan fingerprint density at radius 2 is 2.00 bits per heavy atom. The van der Waals surface area contributed by atoms with Gasteiger partial charge < -0.3 is 15.6 Å². The lowest BCUT2D eigenvalue weighted by Gasteiger charge is -2.21. The molecule has 3 nitrogen and oxygen atoms in total. The zero-order chi connectivity index (χ0) is 8.16. The summed E-state index contributed by atoms with van der Waals surface area (Å²) >= 11 is 0. The van der Waals surface area contributed by atoms with Crippen LogP contribution < -0.4 is 5.73 Å². The van der Waals surface area contributed by atoms with Crippen LogP contribution >= 0.6 is 0 Å². The zero-order valence-electron chi connectivity index (χ0n) is 6.88. The van der Waals surface area contributed by atoms with Crippen molar-refractivity contribution in [2.75, 3.05) is 19.8 Å². The standard InChI is InChI=1S/C8H17NO2/c9-5-6-11-7-8(10)3-1-2-4-8/h10H,1-7,9H2. The lowest BCUT2D eigenvalue weighted by molar-refractivity contribution is -0.0393. The van der Waals surface area contributed by atoms with Gasteiger partial charge in [-0.1, -0.05) is 12.8 Å². The first-order chi connectivity index (χ1) is 5.27. The van der Waals surface area contributed by atoms with Gasteiger partial charge in [-0.3, -0.25) is 0 Å². The van der Waals surface area contributed by atoms with Crippen LogP contribution in [0.15, 0.2) is 0 Å². The van der Waals surface area contributed by atoms with Gasteiger partial charge in [0.25, 0.3) is 0 Å². The first-order valence-electron chi connectivity index (χ1n) is 4.27. The first-order valence-corrected chi connectivity index (χ1v) is 4.27. The van der Waals surface area contributed by atoms with E-state index in [0.717, 1.165) is 25.7 Å². The largest absolute Gasteiger partial charge is 0.387 e. The fourth-order valence-electron chi connectivity index (χ4n) is 1.52. The minimum atomic E-state index is -0.533. The molecule has 1 saturated carbocycles. The van der Waals surface area contributed by atoms with Crippen molar-refractivity contribution >= 4 is 0 Å². The Morgan fingerprint density at radius 3 is 2.55 bits per heavy atom. The molecule has 66 valence electrons. The van der Waals surface area contributed by atoms with Crippen LogP contribution in [-0.4, -0.2) is 30.5 Å². The third-order valence-electron chi connectivity index (χ3n) is 2.17. The molecule has 0 aromatic carbocycles. The number of aliphatic hydroxyl groups is 1. The fourth-order valence-corrected chi connectivity index (χ4v) is 1.52. The van der Waals surface area contributed by atoms with Crippen LogP contribution in [0.4, 0.5) is 0 Å². The zero-order valence-corrected chi connectivity index (χ0v) is 6.88. The summed E-state index contributed by atoms with van der Waals surface area (Å²) in [7, 11) is 0. The van der Waals surface area contributed by atoms with Crippen molar-refractivity contribution in [1.29, 1.82) is 0 Å². The van der Waals surface area contributed by atoms with Crippen molar-refractivity contribution in [3.8, 4) is 0 Å². The smallest absolute Gasteiger partial charge is 0.0880 e. The summed E-state index contributed by atoms with van der Waals surface area (Å²) in [5.41, 5.74) is 4.72. The number of hydrogen-bond donors (Lipinski definition) is 2. The van der Waals surface area contributed by atoms with Gasteiger partial charge in [-0.15, -0.1) is 0 Å². The summed E-state index contributed by atoms with van der Waals surface area (Å²) in [4.78, 5) is 0. The van der Waals surface area contributed by atoms with Crippen LogP contribution in [0, 0.1) is 0 Å². The highest BCUT2D eigenvalue weighted by Crippen LogP contribution is 2.29. The topological polar surface area (TPSA) is 55.5 Å². The van der Waals surface area contributed by atoms with Gasteiger partial charge in [-0.25, -0.2) is 0 Å². The van der Waals surface area contributed by atoms with Gasteiger partial charge in [0.1, 0.15) is 0 Å². The molecule has 1 aliphatic rings. The van der Waals surface area contributed by atoms with E-state index in [2.05, 4.69) is 0 Å². The van der Waals surface area contributed by atoms with Crippen molar-refractivity contribution in [3.05, 3.63) is 0 Å². The minimum absolute atomic E-state index is 0.462. The molecule has 0 amide bonds. The van der Waals surface area contributed by atoms with E-state index in [9.17, 15) is 5.11 Å². The highest BCUT2D eigenvalue weighted by molar-refractivity contribution is 4.83. The van der Waals surface area contributed by atoms with Crippen LogP contribution in [0.3, 0.4) is 0 Å². The van der Waals surface area contributed by atoms with Crippen molar-refractivity contribution in [3.63, 3.8) is 0 Å². The van der Waals surface area contributed by atoms with Crippen LogP contribution in [0.5, 0.6) is 0 Å². The maximum absolute atomic E-state index is 9.75. The summed E-state index contributed by atoms with van der Waals surface area (Å²) in [5, 5.41) is 9.75. The fraction of sp³-hybridized carbons (Fsp3) is 1.00. The third-order valence-corrected chi connectivity index (χ3v) is 2.17. The molecule has 0 atom stereocenters. The summed E-state index contributed by atoms with van der Waals surface area (Å²) < 4.78 is 5.19. The quantitative estimate of drug-likeness (QED) is 0.579. The molecule has 0 saturated heterocycles. The summed E-state index contributed by atoms with van der Waals surface area (Å²) in [6, 6.07) is 0. The second kappa shape index (κ2) is 4.04.